The van der Waals surface area contributed by atoms with E-state index < -0.39 is 0 Å². The highest BCUT2D eigenvalue weighted by Gasteiger charge is 2.12. The number of nitrogens with zero attached hydrogens (tertiary/aromatic N) is 1. The van der Waals surface area contributed by atoms with Gasteiger partial charge in [0.1, 0.15) is 10.8 Å². The Labute approximate surface area is 189 Å². The maximum absolute atomic E-state index is 5.01. The van der Waals surface area contributed by atoms with Crippen LogP contribution >= 0.6 is 11.8 Å². The van der Waals surface area contributed by atoms with Crippen molar-refractivity contribution < 1.29 is 0 Å². The van der Waals surface area contributed by atoms with Gasteiger partial charge in [-0.15, -0.1) is 0 Å². The highest BCUT2D eigenvalue weighted by molar-refractivity contribution is 7.99. The topological polar surface area (TPSA) is 49.0 Å². The zero-order valence-corrected chi connectivity index (χ0v) is 19.5. The lowest BCUT2D eigenvalue weighted by atomic mass is 10.1. The minimum Gasteiger partial charge on any atom is -0.385 e. The maximum atomic E-state index is 5.01. The zero-order chi connectivity index (χ0) is 21.8. The van der Waals surface area contributed by atoms with Crippen LogP contribution in [0.5, 0.6) is 0 Å². The summed E-state index contributed by atoms with van der Waals surface area (Å²) in [4.78, 5) is 6.21. The predicted molar refractivity (Wildman–Crippen MR) is 133 cm³/mol. The molecule has 31 heavy (non-hydrogen) atoms. The predicted octanol–water partition coefficient (Wildman–Crippen LogP) is 6.00. The van der Waals surface area contributed by atoms with Crippen LogP contribution in [-0.4, -0.2) is 18.1 Å². The number of aromatic nitrogens is 1. The molecule has 5 heteroatoms. The molecule has 0 amide bonds. The second-order valence-electron chi connectivity index (χ2n) is 8.00. The van der Waals surface area contributed by atoms with Gasteiger partial charge in [-0.2, -0.15) is 0 Å². The van der Waals surface area contributed by atoms with Gasteiger partial charge in [-0.3, -0.25) is 0 Å². The van der Waals surface area contributed by atoms with E-state index in [4.69, 9.17) is 4.98 Å². The molecular formula is C26H30N4S. The van der Waals surface area contributed by atoms with Crippen molar-refractivity contribution in [3.63, 3.8) is 0 Å². The highest BCUT2D eigenvalue weighted by atomic mass is 32.2. The third kappa shape index (κ3) is 5.12. The number of anilines is 1. The lowest BCUT2D eigenvalue weighted by molar-refractivity contribution is 0.723. The molecule has 4 nitrogen and oxygen atoms in total. The molecule has 3 aromatic rings. The van der Waals surface area contributed by atoms with Gasteiger partial charge in [0.15, 0.2) is 0 Å². The first kappa shape index (κ1) is 21.5. The van der Waals surface area contributed by atoms with Crippen molar-refractivity contribution in [1.29, 1.82) is 0 Å². The van der Waals surface area contributed by atoms with Gasteiger partial charge in [0.2, 0.25) is 0 Å². The lowest BCUT2D eigenvalue weighted by Crippen LogP contribution is -2.21. The Bertz CT molecular complexity index is 1160. The first-order valence-electron chi connectivity index (χ1n) is 10.8. The molecular weight excluding hydrogens is 400 g/mol. The Hall–Kier alpha value is -2.76. The van der Waals surface area contributed by atoms with Crippen molar-refractivity contribution in [2.45, 2.75) is 44.2 Å². The summed E-state index contributed by atoms with van der Waals surface area (Å²) in [7, 11) is 0. The monoisotopic (exact) mass is 430 g/mol. The quantitative estimate of drug-likeness (QED) is 0.429. The van der Waals surface area contributed by atoms with E-state index in [1.54, 1.807) is 11.8 Å². The Morgan fingerprint density at radius 3 is 2.71 bits per heavy atom. The number of nitrogens with one attached hydrogen (secondary N) is 3. The Morgan fingerprint density at radius 2 is 1.90 bits per heavy atom. The molecule has 1 aliphatic rings. The molecule has 0 unspecified atom stereocenters. The molecule has 0 spiro atoms. The van der Waals surface area contributed by atoms with E-state index in [0.717, 1.165) is 47.3 Å². The molecule has 160 valence electrons. The molecule has 2 heterocycles. The average Bonchev–Trinajstić information content (AvgIpc) is 2.76. The van der Waals surface area contributed by atoms with E-state index in [2.05, 4.69) is 98.3 Å². The van der Waals surface area contributed by atoms with Crippen molar-refractivity contribution in [2.24, 2.45) is 0 Å². The normalized spacial score (nSPS) is 13.9. The highest BCUT2D eigenvalue weighted by Crippen LogP contribution is 2.33. The van der Waals surface area contributed by atoms with Gasteiger partial charge in [0.05, 0.1) is 0 Å². The number of rotatable bonds is 7. The summed E-state index contributed by atoms with van der Waals surface area (Å²) in [6.07, 6.45) is 2.15. The number of fused-ring (bicyclic) bond motifs is 1. The SMILES string of the molecule is CCNCc1ccc(Sc2cc3ccccc3c(NC3=C(C)CNC(C)=C3)n2)cc1C. The second-order valence-corrected chi connectivity index (χ2v) is 9.09. The van der Waals surface area contributed by atoms with Crippen LogP contribution in [-0.2, 0) is 6.54 Å². The van der Waals surface area contributed by atoms with E-state index in [1.807, 2.05) is 0 Å². The van der Waals surface area contributed by atoms with E-state index in [9.17, 15) is 0 Å². The number of dihydropyridines is 1. The van der Waals surface area contributed by atoms with Gasteiger partial charge in [0, 0.05) is 34.8 Å². The van der Waals surface area contributed by atoms with Crippen LogP contribution in [0, 0.1) is 6.92 Å². The fraction of sp³-hybridized carbons (Fsp3) is 0.269. The number of aryl methyl sites for hydroxylation is 1. The molecule has 0 bridgehead atoms. The van der Waals surface area contributed by atoms with Gasteiger partial charge >= 0.3 is 0 Å². The summed E-state index contributed by atoms with van der Waals surface area (Å²) in [6, 6.07) is 17.3. The lowest BCUT2D eigenvalue weighted by Gasteiger charge is -2.20. The molecule has 0 radical (unpaired) electrons. The average molecular weight is 431 g/mol. The fourth-order valence-corrected chi connectivity index (χ4v) is 4.60. The second kappa shape index (κ2) is 9.58. The number of allylic oxidation sites excluding steroid dienone is 2. The summed E-state index contributed by atoms with van der Waals surface area (Å²) in [5, 5.41) is 13.7. The van der Waals surface area contributed by atoms with Crippen molar-refractivity contribution in [3.8, 4) is 0 Å². The number of hydrogen-bond donors (Lipinski definition) is 3. The molecule has 0 atom stereocenters. The minimum atomic E-state index is 0.857. The van der Waals surface area contributed by atoms with Crippen molar-refractivity contribution in [3.05, 3.63) is 82.7 Å². The van der Waals surface area contributed by atoms with Gasteiger partial charge in [0.25, 0.3) is 0 Å². The van der Waals surface area contributed by atoms with Crippen molar-refractivity contribution in [2.75, 3.05) is 18.4 Å². The summed E-state index contributed by atoms with van der Waals surface area (Å²) < 4.78 is 0. The largest absolute Gasteiger partial charge is 0.385 e. The van der Waals surface area contributed by atoms with Crippen LogP contribution in [0.1, 0.15) is 31.9 Å². The molecule has 0 saturated heterocycles. The van der Waals surface area contributed by atoms with E-state index in [0.29, 0.717) is 0 Å². The van der Waals surface area contributed by atoms with Crippen LogP contribution < -0.4 is 16.0 Å². The standard InChI is InChI=1S/C26H30N4S/c1-5-27-16-21-10-11-22(12-17(21)2)31-25-14-20-8-6-7-9-23(20)26(30-25)29-24-13-19(4)28-15-18(24)3/h6-14,27-28H,5,15-16H2,1-4H3,(H,29,30). The van der Waals surface area contributed by atoms with Gasteiger partial charge in [-0.05, 0) is 73.7 Å². The first-order chi connectivity index (χ1) is 15.0. The van der Waals surface area contributed by atoms with Gasteiger partial charge in [-0.1, -0.05) is 49.0 Å². The molecule has 1 aliphatic heterocycles. The minimum absolute atomic E-state index is 0.857. The van der Waals surface area contributed by atoms with Crippen LogP contribution in [0.4, 0.5) is 5.82 Å². The van der Waals surface area contributed by atoms with Crippen molar-refractivity contribution >= 4 is 28.4 Å². The number of hydrogen-bond acceptors (Lipinski definition) is 5. The van der Waals surface area contributed by atoms with Gasteiger partial charge in [-0.25, -0.2) is 4.98 Å². The molecule has 4 rings (SSSR count). The van der Waals surface area contributed by atoms with Gasteiger partial charge < -0.3 is 16.0 Å². The van der Waals surface area contributed by atoms with Crippen LogP contribution in [0.2, 0.25) is 0 Å². The van der Waals surface area contributed by atoms with Crippen LogP contribution in [0.3, 0.4) is 0 Å². The molecule has 0 saturated carbocycles. The Balaban J connectivity index is 1.66. The first-order valence-corrected chi connectivity index (χ1v) is 11.6. The molecule has 1 aromatic heterocycles. The maximum Gasteiger partial charge on any atom is 0.139 e. The van der Waals surface area contributed by atoms with Crippen molar-refractivity contribution in [1.82, 2.24) is 15.6 Å². The smallest absolute Gasteiger partial charge is 0.139 e. The van der Waals surface area contributed by atoms with E-state index >= 15 is 0 Å². The molecule has 0 fully saturated rings. The number of pyridine rings is 1. The van der Waals surface area contributed by atoms with Crippen LogP contribution in [0.25, 0.3) is 10.8 Å². The number of benzene rings is 2. The molecule has 3 N–H and O–H groups in total. The zero-order valence-electron chi connectivity index (χ0n) is 18.7. The summed E-state index contributed by atoms with van der Waals surface area (Å²) in [5.41, 5.74) is 6.22. The molecule has 0 aliphatic carbocycles. The summed E-state index contributed by atoms with van der Waals surface area (Å²) >= 11 is 1.71. The third-order valence-corrected chi connectivity index (χ3v) is 6.43. The Kier molecular flexibility index (Phi) is 6.64. The van der Waals surface area contributed by atoms with Crippen LogP contribution in [0.15, 0.2) is 81.5 Å². The Morgan fingerprint density at radius 1 is 1.06 bits per heavy atom. The summed E-state index contributed by atoms with van der Waals surface area (Å²) in [6.45, 7) is 11.3. The fourth-order valence-electron chi connectivity index (χ4n) is 3.66. The third-order valence-electron chi connectivity index (χ3n) is 5.52. The summed E-state index contributed by atoms with van der Waals surface area (Å²) in [5.74, 6) is 0.904. The van der Waals surface area contributed by atoms with E-state index in [1.165, 1.54) is 27.0 Å². The van der Waals surface area contributed by atoms with E-state index in [-0.39, 0.29) is 0 Å². The molecule has 2 aromatic carbocycles.